The Morgan fingerprint density at radius 3 is 2.43 bits per heavy atom. The lowest BCUT2D eigenvalue weighted by Gasteiger charge is -2.33. The zero-order valence-corrected chi connectivity index (χ0v) is 14.4. The fourth-order valence-corrected chi connectivity index (χ4v) is 3.08. The number of benzene rings is 1. The summed E-state index contributed by atoms with van der Waals surface area (Å²) in [6, 6.07) is 6.38. The molecule has 0 aromatic heterocycles. The molecule has 21 heavy (non-hydrogen) atoms. The van der Waals surface area contributed by atoms with Crippen molar-refractivity contribution in [2.45, 2.75) is 25.1 Å². The van der Waals surface area contributed by atoms with Crippen LogP contribution in [0, 0.1) is 0 Å². The third kappa shape index (κ3) is 4.35. The van der Waals surface area contributed by atoms with E-state index in [1.54, 1.807) is 7.11 Å². The molecule has 1 saturated heterocycles. The molecule has 4 heteroatoms. The minimum atomic E-state index is -0.0259. The number of alkyl halides is 1. The van der Waals surface area contributed by atoms with E-state index in [2.05, 4.69) is 42.8 Å². The Morgan fingerprint density at radius 1 is 1.19 bits per heavy atom. The highest BCUT2D eigenvalue weighted by atomic mass is 35.5. The third-order valence-electron chi connectivity index (χ3n) is 4.27. The van der Waals surface area contributed by atoms with E-state index in [1.807, 2.05) is 6.07 Å². The molecule has 1 atom stereocenters. The molecule has 0 saturated carbocycles. The zero-order chi connectivity index (χ0) is 15.4. The van der Waals surface area contributed by atoms with Crippen molar-refractivity contribution in [2.24, 2.45) is 0 Å². The number of hydrogen-bond acceptors (Lipinski definition) is 3. The molecule has 0 aliphatic carbocycles. The van der Waals surface area contributed by atoms with Gasteiger partial charge in [-0.2, -0.15) is 0 Å². The Balaban J connectivity index is 2.09. The van der Waals surface area contributed by atoms with Crippen molar-refractivity contribution >= 4 is 11.6 Å². The fourth-order valence-electron chi connectivity index (χ4n) is 2.71. The normalized spacial score (nSPS) is 19.0. The van der Waals surface area contributed by atoms with Gasteiger partial charge in [0.15, 0.2) is 0 Å². The van der Waals surface area contributed by atoms with E-state index in [0.717, 1.165) is 44.0 Å². The van der Waals surface area contributed by atoms with Gasteiger partial charge in [-0.25, -0.2) is 0 Å². The molecule has 1 aliphatic rings. The van der Waals surface area contributed by atoms with Crippen LogP contribution in [0.5, 0.6) is 5.75 Å². The number of hydrogen-bond donors (Lipinski definition) is 0. The van der Waals surface area contributed by atoms with Crippen LogP contribution in [-0.4, -0.2) is 56.7 Å². The Morgan fingerprint density at radius 2 is 1.86 bits per heavy atom. The Kier molecular flexibility index (Phi) is 5.91. The summed E-state index contributed by atoms with van der Waals surface area (Å²) >= 11 is 6.70. The topological polar surface area (TPSA) is 15.7 Å². The SMILES string of the molecule is COc1ccc(C(C)C)cc1C(Cl)CN1CCN(C)CC1. The molecule has 0 radical (unpaired) electrons. The van der Waals surface area contributed by atoms with Crippen LogP contribution < -0.4 is 4.74 Å². The average molecular weight is 311 g/mol. The van der Waals surface area contributed by atoms with Crippen LogP contribution in [0.2, 0.25) is 0 Å². The van der Waals surface area contributed by atoms with Gasteiger partial charge in [-0.15, -0.1) is 11.6 Å². The molecule has 2 rings (SSSR count). The molecule has 3 nitrogen and oxygen atoms in total. The number of likely N-dealkylation sites (N-methyl/N-ethyl adjacent to an activating group) is 1. The lowest BCUT2D eigenvalue weighted by atomic mass is 9.98. The lowest BCUT2D eigenvalue weighted by molar-refractivity contribution is 0.154. The lowest BCUT2D eigenvalue weighted by Crippen LogP contribution is -2.45. The van der Waals surface area contributed by atoms with Gasteiger partial charge in [0, 0.05) is 38.3 Å². The second-order valence-electron chi connectivity index (χ2n) is 6.23. The molecule has 1 heterocycles. The van der Waals surface area contributed by atoms with Gasteiger partial charge in [0.25, 0.3) is 0 Å². The molecule has 0 amide bonds. The van der Waals surface area contributed by atoms with Crippen LogP contribution in [0.4, 0.5) is 0 Å². The average Bonchev–Trinajstić information content (AvgIpc) is 2.48. The van der Waals surface area contributed by atoms with E-state index in [4.69, 9.17) is 16.3 Å². The van der Waals surface area contributed by atoms with E-state index in [1.165, 1.54) is 5.56 Å². The van der Waals surface area contributed by atoms with Gasteiger partial charge >= 0.3 is 0 Å². The summed E-state index contributed by atoms with van der Waals surface area (Å²) in [4.78, 5) is 4.80. The largest absolute Gasteiger partial charge is 0.496 e. The summed E-state index contributed by atoms with van der Waals surface area (Å²) in [6.07, 6.45) is 0. The van der Waals surface area contributed by atoms with Crippen LogP contribution in [0.25, 0.3) is 0 Å². The molecule has 0 bridgehead atoms. The summed E-state index contributed by atoms with van der Waals surface area (Å²) in [6.45, 7) is 9.70. The second kappa shape index (κ2) is 7.48. The summed E-state index contributed by atoms with van der Waals surface area (Å²) in [5.74, 6) is 1.40. The van der Waals surface area contributed by atoms with Gasteiger partial charge < -0.3 is 9.64 Å². The van der Waals surface area contributed by atoms with E-state index in [9.17, 15) is 0 Å². The molecule has 0 spiro atoms. The molecule has 1 aromatic carbocycles. The van der Waals surface area contributed by atoms with Gasteiger partial charge in [0.1, 0.15) is 5.75 Å². The summed E-state index contributed by atoms with van der Waals surface area (Å²) in [5, 5.41) is -0.0259. The molecular weight excluding hydrogens is 284 g/mol. The Labute approximate surface area is 133 Å². The highest BCUT2D eigenvalue weighted by molar-refractivity contribution is 6.21. The number of halogens is 1. The predicted molar refractivity (Wildman–Crippen MR) is 89.6 cm³/mol. The molecule has 1 fully saturated rings. The van der Waals surface area contributed by atoms with Gasteiger partial charge in [0.2, 0.25) is 0 Å². The highest BCUT2D eigenvalue weighted by Gasteiger charge is 2.21. The first-order valence-electron chi connectivity index (χ1n) is 7.74. The predicted octanol–water partition coefficient (Wildman–Crippen LogP) is 3.35. The van der Waals surface area contributed by atoms with Crippen molar-refractivity contribution in [3.05, 3.63) is 29.3 Å². The van der Waals surface area contributed by atoms with Crippen molar-refractivity contribution in [1.82, 2.24) is 9.80 Å². The van der Waals surface area contributed by atoms with Crippen LogP contribution >= 0.6 is 11.6 Å². The van der Waals surface area contributed by atoms with Gasteiger partial charge in [-0.05, 0) is 24.6 Å². The Bertz CT molecular complexity index is 456. The fraction of sp³-hybridized carbons (Fsp3) is 0.647. The first kappa shape index (κ1) is 16.6. The van der Waals surface area contributed by atoms with Crippen molar-refractivity contribution < 1.29 is 4.74 Å². The molecule has 1 unspecified atom stereocenters. The van der Waals surface area contributed by atoms with Gasteiger partial charge in [0.05, 0.1) is 12.5 Å². The first-order chi connectivity index (χ1) is 10.0. The van der Waals surface area contributed by atoms with E-state index >= 15 is 0 Å². The standard InChI is InChI=1S/C17H27ClN2O/c1-13(2)14-5-6-17(21-4)15(11-14)16(18)12-20-9-7-19(3)8-10-20/h5-6,11,13,16H,7-10,12H2,1-4H3. The van der Waals surface area contributed by atoms with Crippen molar-refractivity contribution in [1.29, 1.82) is 0 Å². The first-order valence-corrected chi connectivity index (χ1v) is 8.17. The number of ether oxygens (including phenoxy) is 1. The van der Waals surface area contributed by atoms with Crippen LogP contribution in [0.1, 0.15) is 36.3 Å². The van der Waals surface area contributed by atoms with E-state index < -0.39 is 0 Å². The molecule has 1 aromatic rings. The molecular formula is C17H27ClN2O. The van der Waals surface area contributed by atoms with Gasteiger partial charge in [-0.1, -0.05) is 26.0 Å². The number of methoxy groups -OCH3 is 1. The molecule has 118 valence electrons. The minimum Gasteiger partial charge on any atom is -0.496 e. The number of nitrogens with zero attached hydrogens (tertiary/aromatic N) is 2. The van der Waals surface area contributed by atoms with Gasteiger partial charge in [-0.3, -0.25) is 4.90 Å². The minimum absolute atomic E-state index is 0.0259. The van der Waals surface area contributed by atoms with Crippen molar-refractivity contribution in [2.75, 3.05) is 46.9 Å². The Hall–Kier alpha value is -0.770. The quantitative estimate of drug-likeness (QED) is 0.776. The third-order valence-corrected chi connectivity index (χ3v) is 4.65. The second-order valence-corrected chi connectivity index (χ2v) is 6.75. The highest BCUT2D eigenvalue weighted by Crippen LogP contribution is 2.33. The smallest absolute Gasteiger partial charge is 0.123 e. The number of piperazine rings is 1. The molecule has 1 aliphatic heterocycles. The monoisotopic (exact) mass is 310 g/mol. The maximum atomic E-state index is 6.70. The van der Waals surface area contributed by atoms with Crippen molar-refractivity contribution in [3.63, 3.8) is 0 Å². The van der Waals surface area contributed by atoms with Crippen LogP contribution in [-0.2, 0) is 0 Å². The van der Waals surface area contributed by atoms with Crippen molar-refractivity contribution in [3.8, 4) is 5.75 Å². The maximum Gasteiger partial charge on any atom is 0.123 e. The van der Waals surface area contributed by atoms with E-state index in [-0.39, 0.29) is 5.38 Å². The summed E-state index contributed by atoms with van der Waals surface area (Å²) in [7, 11) is 3.89. The number of rotatable bonds is 5. The van der Waals surface area contributed by atoms with Crippen LogP contribution in [0.3, 0.4) is 0 Å². The zero-order valence-electron chi connectivity index (χ0n) is 13.6. The maximum absolute atomic E-state index is 6.70. The summed E-state index contributed by atoms with van der Waals surface area (Å²) in [5.41, 5.74) is 2.43. The molecule has 0 N–H and O–H groups in total. The van der Waals surface area contributed by atoms with E-state index in [0.29, 0.717) is 5.92 Å². The van der Waals surface area contributed by atoms with Crippen LogP contribution in [0.15, 0.2) is 18.2 Å². The summed E-state index contributed by atoms with van der Waals surface area (Å²) < 4.78 is 5.50.